The zero-order valence-corrected chi connectivity index (χ0v) is 4.98. The van der Waals surface area contributed by atoms with E-state index < -0.39 is 0 Å². The zero-order valence-electron chi connectivity index (χ0n) is 4.98. The van der Waals surface area contributed by atoms with Crippen molar-refractivity contribution in [2.24, 2.45) is 11.8 Å². The van der Waals surface area contributed by atoms with Gasteiger partial charge in [0.15, 0.2) is 0 Å². The fraction of sp³-hybridized carbons (Fsp3) is 0.750. The largest absolute Gasteiger partial charge is 0.0996 e. The molecule has 8 heavy (non-hydrogen) atoms. The second-order valence-electron chi connectivity index (χ2n) is 2.84. The van der Waals surface area contributed by atoms with Crippen molar-refractivity contribution in [3.63, 3.8) is 0 Å². The molecule has 0 heterocycles. The van der Waals surface area contributed by atoms with E-state index in [1.165, 1.54) is 25.7 Å². The molecule has 0 aromatic heterocycles. The van der Waals surface area contributed by atoms with Gasteiger partial charge in [0.2, 0.25) is 0 Å². The van der Waals surface area contributed by atoms with Gasteiger partial charge in [-0.15, -0.1) is 0 Å². The van der Waals surface area contributed by atoms with E-state index in [2.05, 4.69) is 11.8 Å². The maximum absolute atomic E-state index is 3.27. The highest BCUT2D eigenvalue weighted by Gasteiger charge is 2.21. The van der Waals surface area contributed by atoms with Gasteiger partial charge in [-0.2, -0.15) is 0 Å². The van der Waals surface area contributed by atoms with Gasteiger partial charge in [-0.25, -0.2) is 0 Å². The number of hydrogen-bond acceptors (Lipinski definition) is 0. The molecule has 1 saturated carbocycles. The summed E-state index contributed by atoms with van der Waals surface area (Å²) >= 11 is 0. The smallest absolute Gasteiger partial charge is 0.0203 e. The van der Waals surface area contributed by atoms with Gasteiger partial charge in [-0.1, -0.05) is 11.8 Å². The number of fused-ring (bicyclic) bond motifs is 2. The lowest BCUT2D eigenvalue weighted by Crippen LogP contribution is -2.16. The molecule has 0 aliphatic heterocycles. The summed E-state index contributed by atoms with van der Waals surface area (Å²) in [4.78, 5) is 0. The molecule has 0 radical (unpaired) electrons. The van der Waals surface area contributed by atoms with Gasteiger partial charge in [0, 0.05) is 11.8 Å². The molecule has 0 atom stereocenters. The molecule has 3 rings (SSSR count). The molecule has 0 heteroatoms. The lowest BCUT2D eigenvalue weighted by molar-refractivity contribution is 0.355. The first-order valence-corrected chi connectivity index (χ1v) is 3.46. The third-order valence-corrected chi connectivity index (χ3v) is 2.22. The van der Waals surface area contributed by atoms with Crippen LogP contribution in [0, 0.1) is 23.7 Å². The number of rotatable bonds is 0. The fourth-order valence-corrected chi connectivity index (χ4v) is 1.62. The first-order valence-electron chi connectivity index (χ1n) is 3.46. The van der Waals surface area contributed by atoms with Crippen LogP contribution in [0.1, 0.15) is 25.7 Å². The van der Waals surface area contributed by atoms with Crippen LogP contribution in [0.5, 0.6) is 0 Å². The molecule has 42 valence electrons. The summed E-state index contributed by atoms with van der Waals surface area (Å²) in [5.74, 6) is 8.12. The molecule has 0 amide bonds. The van der Waals surface area contributed by atoms with Gasteiger partial charge in [0.05, 0.1) is 0 Å². The van der Waals surface area contributed by atoms with Crippen LogP contribution in [0.3, 0.4) is 0 Å². The minimum absolute atomic E-state index is 0.792. The van der Waals surface area contributed by atoms with Gasteiger partial charge in [-0.3, -0.25) is 0 Å². The lowest BCUT2D eigenvalue weighted by Gasteiger charge is -2.25. The second kappa shape index (κ2) is 1.52. The average Bonchev–Trinajstić information content (AvgIpc) is 1.92. The van der Waals surface area contributed by atoms with E-state index in [0.717, 1.165) is 11.8 Å². The topological polar surface area (TPSA) is 0 Å². The molecule has 3 aliphatic carbocycles. The predicted octanol–water partition coefficient (Wildman–Crippen LogP) is 1.81. The van der Waals surface area contributed by atoms with Crippen molar-refractivity contribution in [3.8, 4) is 11.8 Å². The van der Waals surface area contributed by atoms with Crippen LogP contribution in [0.4, 0.5) is 0 Å². The Morgan fingerprint density at radius 1 is 0.750 bits per heavy atom. The van der Waals surface area contributed by atoms with Crippen LogP contribution in [0.15, 0.2) is 0 Å². The quantitative estimate of drug-likeness (QED) is 0.413. The highest BCUT2D eigenvalue weighted by atomic mass is 14.2. The second-order valence-corrected chi connectivity index (χ2v) is 2.84. The van der Waals surface area contributed by atoms with E-state index in [9.17, 15) is 0 Å². The van der Waals surface area contributed by atoms with Crippen molar-refractivity contribution >= 4 is 0 Å². The van der Waals surface area contributed by atoms with E-state index in [1.54, 1.807) is 0 Å². The van der Waals surface area contributed by atoms with E-state index in [4.69, 9.17) is 0 Å². The molecule has 2 bridgehead atoms. The van der Waals surface area contributed by atoms with Crippen LogP contribution in [-0.4, -0.2) is 0 Å². The first kappa shape index (κ1) is 4.44. The molecule has 0 unspecified atom stereocenters. The highest BCUT2D eigenvalue weighted by molar-refractivity contribution is 5.14. The van der Waals surface area contributed by atoms with Crippen molar-refractivity contribution in [3.05, 3.63) is 0 Å². The maximum Gasteiger partial charge on any atom is 0.0203 e. The summed E-state index contributed by atoms with van der Waals surface area (Å²) in [5.41, 5.74) is 0. The minimum atomic E-state index is 0.792. The Kier molecular flexibility index (Phi) is 0.842. The van der Waals surface area contributed by atoms with Crippen LogP contribution < -0.4 is 0 Å². The summed E-state index contributed by atoms with van der Waals surface area (Å²) in [5, 5.41) is 0. The maximum atomic E-state index is 3.27. The van der Waals surface area contributed by atoms with Crippen molar-refractivity contribution < 1.29 is 0 Å². The Morgan fingerprint density at radius 2 is 1.12 bits per heavy atom. The Hall–Kier alpha value is -0.440. The Morgan fingerprint density at radius 3 is 1.25 bits per heavy atom. The number of hydrogen-bond donors (Lipinski definition) is 0. The van der Waals surface area contributed by atoms with Crippen molar-refractivity contribution in [2.45, 2.75) is 25.7 Å². The molecular formula is C8H10. The molecule has 0 saturated heterocycles. The van der Waals surface area contributed by atoms with Gasteiger partial charge in [0.1, 0.15) is 0 Å². The van der Waals surface area contributed by atoms with E-state index in [-0.39, 0.29) is 0 Å². The molecule has 1 fully saturated rings. The Bertz CT molecular complexity index is 123. The molecule has 3 aliphatic rings. The monoisotopic (exact) mass is 106 g/mol. The highest BCUT2D eigenvalue weighted by Crippen LogP contribution is 2.31. The summed E-state index contributed by atoms with van der Waals surface area (Å²) in [6, 6.07) is 0. The van der Waals surface area contributed by atoms with Gasteiger partial charge < -0.3 is 0 Å². The van der Waals surface area contributed by atoms with E-state index in [1.807, 2.05) is 0 Å². The van der Waals surface area contributed by atoms with Crippen LogP contribution in [0.25, 0.3) is 0 Å². The molecule has 0 N–H and O–H groups in total. The predicted molar refractivity (Wildman–Crippen MR) is 33.2 cm³/mol. The van der Waals surface area contributed by atoms with Gasteiger partial charge in [0.25, 0.3) is 0 Å². The standard InChI is InChI=1S/C8H10/c1-2-8-5-3-7(1)4-6-8/h7-8H,1-3,5H2. The van der Waals surface area contributed by atoms with Crippen LogP contribution in [0.2, 0.25) is 0 Å². The minimum Gasteiger partial charge on any atom is -0.0996 e. The summed E-state index contributed by atoms with van der Waals surface area (Å²) in [6.07, 6.45) is 5.55. The third-order valence-electron chi connectivity index (χ3n) is 2.22. The molecule has 0 spiro atoms. The Balaban J connectivity index is 2.27. The van der Waals surface area contributed by atoms with Crippen LogP contribution >= 0.6 is 0 Å². The molecule has 0 nitrogen and oxygen atoms in total. The summed E-state index contributed by atoms with van der Waals surface area (Å²) in [6.45, 7) is 0. The van der Waals surface area contributed by atoms with Crippen molar-refractivity contribution in [1.82, 2.24) is 0 Å². The molecule has 0 aromatic carbocycles. The normalized spacial score (nSPS) is 41.0. The van der Waals surface area contributed by atoms with Gasteiger partial charge >= 0.3 is 0 Å². The average molecular weight is 106 g/mol. The van der Waals surface area contributed by atoms with Gasteiger partial charge in [-0.05, 0) is 25.7 Å². The summed E-state index contributed by atoms with van der Waals surface area (Å²) < 4.78 is 0. The Labute approximate surface area is 50.3 Å². The van der Waals surface area contributed by atoms with Crippen LogP contribution in [-0.2, 0) is 0 Å². The zero-order chi connectivity index (χ0) is 5.40. The molecular weight excluding hydrogens is 96.1 g/mol. The first-order chi connectivity index (χ1) is 3.95. The van der Waals surface area contributed by atoms with Crippen molar-refractivity contribution in [2.75, 3.05) is 0 Å². The van der Waals surface area contributed by atoms with E-state index in [0.29, 0.717) is 0 Å². The SMILES string of the molecule is C1#CC2CCC1CC2. The summed E-state index contributed by atoms with van der Waals surface area (Å²) in [7, 11) is 0. The van der Waals surface area contributed by atoms with Crippen molar-refractivity contribution in [1.29, 1.82) is 0 Å². The fourth-order valence-electron chi connectivity index (χ4n) is 1.62. The third kappa shape index (κ3) is 0.545. The molecule has 0 aromatic rings. The lowest BCUT2D eigenvalue weighted by atomic mass is 9.78. The van der Waals surface area contributed by atoms with E-state index >= 15 is 0 Å².